The molecule has 0 atom stereocenters. The summed E-state index contributed by atoms with van der Waals surface area (Å²) in [5, 5.41) is 1.18. The van der Waals surface area contributed by atoms with Crippen molar-refractivity contribution in [2.24, 2.45) is 7.05 Å². The van der Waals surface area contributed by atoms with E-state index in [1.165, 1.54) is 10.9 Å². The third-order valence-corrected chi connectivity index (χ3v) is 3.69. The Balaban J connectivity index is 1.85. The molecule has 0 aliphatic rings. The van der Waals surface area contributed by atoms with E-state index in [9.17, 15) is 0 Å². The quantitative estimate of drug-likeness (QED) is 0.539. The third-order valence-electron chi connectivity index (χ3n) is 3.69. The predicted octanol–water partition coefficient (Wildman–Crippen LogP) is 4.50. The molecule has 2 heterocycles. The molecular formula is C18H14N2O. The molecule has 2 aromatic heterocycles. The molecule has 0 amide bonds. The lowest BCUT2D eigenvalue weighted by atomic mass is 10.1. The number of aryl methyl sites for hydroxylation is 1. The molecule has 0 aliphatic heterocycles. The number of aromatic nitrogens is 2. The van der Waals surface area contributed by atoms with Crippen LogP contribution in [0.15, 0.2) is 71.4 Å². The zero-order chi connectivity index (χ0) is 14.2. The fourth-order valence-corrected chi connectivity index (χ4v) is 2.65. The Morgan fingerprint density at radius 1 is 0.952 bits per heavy atom. The van der Waals surface area contributed by atoms with Gasteiger partial charge >= 0.3 is 0 Å². The normalized spacial score (nSPS) is 11.1. The van der Waals surface area contributed by atoms with Crippen LogP contribution in [0, 0.1) is 0 Å². The van der Waals surface area contributed by atoms with Crippen LogP contribution in [0.5, 0.6) is 0 Å². The first kappa shape index (κ1) is 12.0. The maximum atomic E-state index is 5.95. The van der Waals surface area contributed by atoms with Gasteiger partial charge in [0.1, 0.15) is 0 Å². The van der Waals surface area contributed by atoms with Gasteiger partial charge in [0, 0.05) is 35.3 Å². The lowest BCUT2D eigenvalue weighted by molar-refractivity contribution is 0.589. The molecule has 102 valence electrons. The Morgan fingerprint density at radius 3 is 2.57 bits per heavy atom. The fraction of sp³-hybridized carbons (Fsp3) is 0.0556. The number of para-hydroxylation sites is 1. The van der Waals surface area contributed by atoms with Crippen LogP contribution in [0.2, 0.25) is 0 Å². The van der Waals surface area contributed by atoms with Crippen LogP contribution in [-0.4, -0.2) is 9.55 Å². The predicted molar refractivity (Wildman–Crippen MR) is 83.9 cm³/mol. The molecule has 3 nitrogen and oxygen atoms in total. The van der Waals surface area contributed by atoms with Crippen LogP contribution in [-0.2, 0) is 7.05 Å². The van der Waals surface area contributed by atoms with Crippen LogP contribution < -0.4 is 0 Å². The van der Waals surface area contributed by atoms with E-state index in [1.54, 1.807) is 6.20 Å². The molecule has 0 spiro atoms. The molecule has 0 fully saturated rings. The molecule has 0 bridgehead atoms. The van der Waals surface area contributed by atoms with Gasteiger partial charge in [-0.05, 0) is 18.2 Å². The monoisotopic (exact) mass is 274 g/mol. The minimum atomic E-state index is 0.651. The Labute approximate surface area is 122 Å². The van der Waals surface area contributed by atoms with Crippen molar-refractivity contribution in [1.29, 1.82) is 0 Å². The summed E-state index contributed by atoms with van der Waals surface area (Å²) in [5.41, 5.74) is 3.25. The van der Waals surface area contributed by atoms with Gasteiger partial charge in [0.2, 0.25) is 5.89 Å². The molecule has 4 rings (SSSR count). The molecule has 0 aliphatic carbocycles. The van der Waals surface area contributed by atoms with Crippen LogP contribution in [0.25, 0.3) is 33.7 Å². The highest BCUT2D eigenvalue weighted by Gasteiger charge is 2.13. The van der Waals surface area contributed by atoms with E-state index in [0.29, 0.717) is 5.89 Å². The average Bonchev–Trinajstić information content (AvgIpc) is 3.14. The Hall–Kier alpha value is -2.81. The topological polar surface area (TPSA) is 31.0 Å². The minimum Gasteiger partial charge on any atom is -0.436 e. The van der Waals surface area contributed by atoms with Crippen molar-refractivity contribution in [2.45, 2.75) is 0 Å². The summed E-state index contributed by atoms with van der Waals surface area (Å²) >= 11 is 0. The van der Waals surface area contributed by atoms with E-state index in [0.717, 1.165) is 16.9 Å². The van der Waals surface area contributed by atoms with Crippen LogP contribution in [0.4, 0.5) is 0 Å². The maximum Gasteiger partial charge on any atom is 0.226 e. The van der Waals surface area contributed by atoms with Gasteiger partial charge in [-0.15, -0.1) is 0 Å². The van der Waals surface area contributed by atoms with Crippen molar-refractivity contribution in [2.75, 3.05) is 0 Å². The summed E-state index contributed by atoms with van der Waals surface area (Å²) < 4.78 is 8.06. The van der Waals surface area contributed by atoms with Gasteiger partial charge < -0.3 is 8.98 Å². The van der Waals surface area contributed by atoms with E-state index >= 15 is 0 Å². The average molecular weight is 274 g/mol. The number of rotatable bonds is 2. The molecule has 0 radical (unpaired) electrons. The van der Waals surface area contributed by atoms with Crippen molar-refractivity contribution >= 4 is 10.9 Å². The van der Waals surface area contributed by atoms with Crippen LogP contribution >= 0.6 is 0 Å². The second-order valence-corrected chi connectivity index (χ2v) is 5.07. The van der Waals surface area contributed by atoms with Gasteiger partial charge in [-0.1, -0.05) is 36.4 Å². The number of fused-ring (bicyclic) bond motifs is 1. The molecule has 0 N–H and O–H groups in total. The van der Waals surface area contributed by atoms with Crippen molar-refractivity contribution in [3.63, 3.8) is 0 Å². The van der Waals surface area contributed by atoms with E-state index < -0.39 is 0 Å². The summed E-state index contributed by atoms with van der Waals surface area (Å²) in [4.78, 5) is 4.40. The lowest BCUT2D eigenvalue weighted by Gasteiger charge is -1.95. The molecule has 0 saturated heterocycles. The molecule has 3 heteroatoms. The van der Waals surface area contributed by atoms with Crippen LogP contribution in [0.1, 0.15) is 0 Å². The zero-order valence-corrected chi connectivity index (χ0v) is 11.7. The van der Waals surface area contributed by atoms with E-state index in [4.69, 9.17) is 4.42 Å². The summed E-state index contributed by atoms with van der Waals surface area (Å²) in [6, 6.07) is 18.2. The number of hydrogen-bond acceptors (Lipinski definition) is 2. The van der Waals surface area contributed by atoms with Crippen LogP contribution in [0.3, 0.4) is 0 Å². The summed E-state index contributed by atoms with van der Waals surface area (Å²) in [7, 11) is 2.04. The highest BCUT2D eigenvalue weighted by atomic mass is 16.4. The van der Waals surface area contributed by atoms with Gasteiger partial charge in [0.25, 0.3) is 0 Å². The molecule has 21 heavy (non-hydrogen) atoms. The first-order chi connectivity index (χ1) is 10.3. The van der Waals surface area contributed by atoms with Crippen molar-refractivity contribution < 1.29 is 4.42 Å². The fourth-order valence-electron chi connectivity index (χ4n) is 2.65. The van der Waals surface area contributed by atoms with E-state index in [2.05, 4.69) is 27.9 Å². The maximum absolute atomic E-state index is 5.95. The highest BCUT2D eigenvalue weighted by molar-refractivity contribution is 5.94. The first-order valence-corrected chi connectivity index (χ1v) is 6.88. The summed E-state index contributed by atoms with van der Waals surface area (Å²) in [6.45, 7) is 0. The Morgan fingerprint density at radius 2 is 1.71 bits per heavy atom. The largest absolute Gasteiger partial charge is 0.436 e. The lowest BCUT2D eigenvalue weighted by Crippen LogP contribution is -1.81. The zero-order valence-electron chi connectivity index (χ0n) is 11.7. The SMILES string of the molecule is Cn1cc(-c2cnc(-c3ccccc3)o2)c2ccccc21. The molecule has 0 unspecified atom stereocenters. The van der Waals surface area contributed by atoms with Gasteiger partial charge in [-0.2, -0.15) is 0 Å². The minimum absolute atomic E-state index is 0.651. The van der Waals surface area contributed by atoms with Crippen molar-refractivity contribution in [3.05, 3.63) is 67.0 Å². The highest BCUT2D eigenvalue weighted by Crippen LogP contribution is 2.32. The second kappa shape index (κ2) is 4.63. The first-order valence-electron chi connectivity index (χ1n) is 6.88. The van der Waals surface area contributed by atoms with Gasteiger partial charge in [-0.25, -0.2) is 4.98 Å². The van der Waals surface area contributed by atoms with Gasteiger partial charge in [-0.3, -0.25) is 0 Å². The summed E-state index contributed by atoms with van der Waals surface area (Å²) in [6.07, 6.45) is 3.88. The van der Waals surface area contributed by atoms with E-state index in [1.807, 2.05) is 49.5 Å². The number of benzene rings is 2. The smallest absolute Gasteiger partial charge is 0.226 e. The third kappa shape index (κ3) is 1.94. The Bertz CT molecular complexity index is 903. The standard InChI is InChI=1S/C18H14N2O/c1-20-12-15(14-9-5-6-10-16(14)20)17-11-19-18(21-17)13-7-3-2-4-8-13/h2-12H,1H3. The summed E-state index contributed by atoms with van der Waals surface area (Å²) in [5.74, 6) is 1.45. The molecule has 0 saturated carbocycles. The number of hydrogen-bond donors (Lipinski definition) is 0. The molecular weight excluding hydrogens is 260 g/mol. The van der Waals surface area contributed by atoms with E-state index in [-0.39, 0.29) is 0 Å². The van der Waals surface area contributed by atoms with Crippen molar-refractivity contribution in [1.82, 2.24) is 9.55 Å². The molecule has 2 aromatic carbocycles. The molecule has 4 aromatic rings. The number of oxazole rings is 1. The van der Waals surface area contributed by atoms with Crippen molar-refractivity contribution in [3.8, 4) is 22.8 Å². The van der Waals surface area contributed by atoms with Gasteiger partial charge in [0.15, 0.2) is 5.76 Å². The van der Waals surface area contributed by atoms with Gasteiger partial charge in [0.05, 0.1) is 6.20 Å². The number of nitrogens with zero attached hydrogens (tertiary/aromatic N) is 2. The second-order valence-electron chi connectivity index (χ2n) is 5.07. The Kier molecular flexibility index (Phi) is 2.64.